The minimum atomic E-state index is 0. The van der Waals surface area contributed by atoms with E-state index in [9.17, 15) is 0 Å². The van der Waals surface area contributed by atoms with Gasteiger partial charge in [0, 0.05) is 17.9 Å². The fourth-order valence-electron chi connectivity index (χ4n) is 6.09. The van der Waals surface area contributed by atoms with Crippen molar-refractivity contribution < 1.29 is 31.3 Å². The second-order valence-corrected chi connectivity index (χ2v) is 10.8. The number of fused-ring (bicyclic) bond motifs is 6. The number of para-hydroxylation sites is 3. The Balaban J connectivity index is 0.00000176. The largest absolute Gasteiger partial charge is 2.00 e. The maximum atomic E-state index is 6.32. The number of aromatic nitrogens is 2. The third-order valence-electron chi connectivity index (χ3n) is 8.13. The van der Waals surface area contributed by atoms with Gasteiger partial charge in [0.05, 0.1) is 11.2 Å². The van der Waals surface area contributed by atoms with Gasteiger partial charge in [0.1, 0.15) is 22.8 Å². The molecule has 46 heavy (non-hydrogen) atoms. The van der Waals surface area contributed by atoms with E-state index in [1.807, 2.05) is 115 Å². The monoisotopic (exact) mass is 775 g/mol. The molecule has 5 aromatic carbocycles. The molecule has 5 nitrogen and oxygen atoms in total. The Morgan fingerprint density at radius 2 is 0.957 bits per heavy atom. The molecule has 9 rings (SSSR count). The van der Waals surface area contributed by atoms with Crippen LogP contribution in [0.15, 0.2) is 148 Å². The van der Waals surface area contributed by atoms with E-state index in [0.717, 1.165) is 83.7 Å². The van der Waals surface area contributed by atoms with Gasteiger partial charge in [0.2, 0.25) is 0 Å². The second-order valence-electron chi connectivity index (χ2n) is 10.8. The van der Waals surface area contributed by atoms with Gasteiger partial charge >= 0.3 is 21.1 Å². The molecule has 222 valence electrons. The van der Waals surface area contributed by atoms with Crippen LogP contribution < -0.4 is 4.90 Å². The number of furan rings is 2. The fraction of sp³-hybridized carbons (Fsp3) is 0. The molecule has 0 fully saturated rings. The number of pyridine rings is 2. The first kappa shape index (κ1) is 28.0. The summed E-state index contributed by atoms with van der Waals surface area (Å²) in [4.78, 5) is 12.4. The molecule has 9 aromatic rings. The molecule has 0 saturated carbocycles. The van der Waals surface area contributed by atoms with Crippen LogP contribution in [0.4, 0.5) is 17.3 Å². The molecular weight excluding hydrogens is 750 g/mol. The van der Waals surface area contributed by atoms with E-state index >= 15 is 0 Å². The molecule has 4 heterocycles. The number of rotatable bonds is 5. The maximum Gasteiger partial charge on any atom is 2.00 e. The summed E-state index contributed by atoms with van der Waals surface area (Å²) in [6.07, 6.45) is 0. The maximum absolute atomic E-state index is 6.32. The zero-order chi connectivity index (χ0) is 29.7. The zero-order valence-corrected chi connectivity index (χ0v) is 26.5. The minimum absolute atomic E-state index is 0. The Morgan fingerprint density at radius 1 is 0.478 bits per heavy atom. The molecule has 6 heteroatoms. The van der Waals surface area contributed by atoms with Crippen molar-refractivity contribution in [2.24, 2.45) is 0 Å². The van der Waals surface area contributed by atoms with E-state index in [1.54, 1.807) is 0 Å². The molecule has 0 aliphatic carbocycles. The Hall–Kier alpha value is -5.51. The molecule has 0 saturated heterocycles. The van der Waals surface area contributed by atoms with Crippen LogP contribution in [0.5, 0.6) is 0 Å². The van der Waals surface area contributed by atoms with E-state index in [2.05, 4.69) is 41.3 Å². The van der Waals surface area contributed by atoms with Crippen molar-refractivity contribution in [2.45, 2.75) is 0 Å². The molecule has 0 aliphatic rings. The van der Waals surface area contributed by atoms with Crippen molar-refractivity contribution in [2.75, 3.05) is 4.90 Å². The quantitative estimate of drug-likeness (QED) is 0.163. The van der Waals surface area contributed by atoms with Crippen LogP contribution in [0.3, 0.4) is 0 Å². The summed E-state index contributed by atoms with van der Waals surface area (Å²) in [6.45, 7) is 0. The number of nitrogens with zero attached hydrogens (tertiary/aromatic N) is 3. The van der Waals surface area contributed by atoms with Crippen molar-refractivity contribution >= 4 is 61.2 Å². The molecule has 0 aliphatic heterocycles. The molecule has 0 radical (unpaired) electrons. The number of anilines is 3. The van der Waals surface area contributed by atoms with Crippen LogP contribution in [0, 0.1) is 12.1 Å². The zero-order valence-electron chi connectivity index (χ0n) is 24.3. The Labute approximate surface area is 280 Å². The van der Waals surface area contributed by atoms with Gasteiger partial charge in [-0.15, -0.1) is 36.4 Å². The van der Waals surface area contributed by atoms with E-state index in [1.165, 1.54) is 0 Å². The van der Waals surface area contributed by atoms with E-state index in [-0.39, 0.29) is 22.5 Å². The molecule has 0 N–H and O–H groups in total. The van der Waals surface area contributed by atoms with Crippen molar-refractivity contribution in [1.29, 1.82) is 0 Å². The van der Waals surface area contributed by atoms with Crippen LogP contribution in [0.25, 0.3) is 66.4 Å². The Kier molecular flexibility index (Phi) is 6.97. The SMILES string of the molecule is [2HH].[Pt+2].[c-]1ccc2c(oc3ccccc32)c1-c1cccc(N(c2ccccc2)c2cccc(-c3[c-]ccc4c3oc3ccccc34)n2)n1. The van der Waals surface area contributed by atoms with Gasteiger partial charge in [0.15, 0.2) is 0 Å². The summed E-state index contributed by atoms with van der Waals surface area (Å²) in [5, 5.41) is 4.22. The number of benzene rings is 5. The standard InChI is InChI=1S/C40H23N3O2.Pt.H2/c1-2-12-26(13-3-1)43(37-24-10-20-33(41-37)31-18-8-16-29-27-14-4-6-22-35(27)44-39(29)31)38-25-11-21-34(42-38)32-19-9-17-30-28-15-5-7-23-36(28)45-40(30)32;;/h1-17,20-25H;;1H/q-2;+2;/i;;1+1. The van der Waals surface area contributed by atoms with E-state index < -0.39 is 0 Å². The average molecular weight is 776 g/mol. The fourth-order valence-corrected chi connectivity index (χ4v) is 6.09. The van der Waals surface area contributed by atoms with Crippen LogP contribution in [-0.2, 0) is 21.1 Å². The normalized spacial score (nSPS) is 11.3. The van der Waals surface area contributed by atoms with E-state index in [0.29, 0.717) is 0 Å². The van der Waals surface area contributed by atoms with E-state index in [4.69, 9.17) is 18.8 Å². The van der Waals surface area contributed by atoms with Gasteiger partial charge in [-0.05, 0) is 47.8 Å². The summed E-state index contributed by atoms with van der Waals surface area (Å²) >= 11 is 0. The minimum Gasteiger partial charge on any atom is -0.501 e. The number of hydrogen-bond acceptors (Lipinski definition) is 5. The van der Waals surface area contributed by atoms with Gasteiger partial charge < -0.3 is 8.83 Å². The van der Waals surface area contributed by atoms with Crippen molar-refractivity contribution in [1.82, 2.24) is 9.97 Å². The number of hydrogen-bond donors (Lipinski definition) is 0. The van der Waals surface area contributed by atoms with Crippen molar-refractivity contribution in [3.8, 4) is 22.5 Å². The van der Waals surface area contributed by atoms with Crippen LogP contribution in [0.2, 0.25) is 0 Å². The van der Waals surface area contributed by atoms with Gasteiger partial charge in [-0.3, -0.25) is 14.9 Å². The first-order valence-electron chi connectivity index (χ1n) is 14.8. The van der Waals surface area contributed by atoms with Crippen LogP contribution >= 0.6 is 0 Å². The molecule has 0 bridgehead atoms. The Bertz CT molecular complexity index is 2370. The molecule has 4 aromatic heterocycles. The molecule has 0 spiro atoms. The second kappa shape index (κ2) is 11.4. The first-order valence-corrected chi connectivity index (χ1v) is 14.8. The molecule has 0 unspecified atom stereocenters. The third-order valence-corrected chi connectivity index (χ3v) is 8.13. The molecule has 0 amide bonds. The molecular formula is C40H25N3O2Pt. The van der Waals surface area contributed by atoms with Crippen molar-refractivity contribution in [3.05, 3.63) is 152 Å². The first-order chi connectivity index (χ1) is 22.3. The van der Waals surface area contributed by atoms with Gasteiger partial charge in [0.25, 0.3) is 0 Å². The van der Waals surface area contributed by atoms with Crippen molar-refractivity contribution in [3.63, 3.8) is 0 Å². The summed E-state index contributed by atoms with van der Waals surface area (Å²) in [6, 6.07) is 53.0. The Morgan fingerprint density at radius 3 is 1.48 bits per heavy atom. The van der Waals surface area contributed by atoms with Gasteiger partial charge in [-0.25, -0.2) is 0 Å². The summed E-state index contributed by atoms with van der Waals surface area (Å²) in [5.41, 5.74) is 7.29. The average Bonchev–Trinajstić information content (AvgIpc) is 3.68. The van der Waals surface area contributed by atoms with Crippen LogP contribution in [-0.4, -0.2) is 9.97 Å². The predicted octanol–water partition coefficient (Wildman–Crippen LogP) is 10.9. The summed E-state index contributed by atoms with van der Waals surface area (Å²) in [7, 11) is 0. The summed E-state index contributed by atoms with van der Waals surface area (Å²) in [5.74, 6) is 1.44. The molecule has 0 atom stereocenters. The third kappa shape index (κ3) is 4.60. The van der Waals surface area contributed by atoms with Gasteiger partial charge in [-0.2, -0.15) is 0 Å². The predicted molar refractivity (Wildman–Crippen MR) is 182 cm³/mol. The van der Waals surface area contributed by atoms with Crippen LogP contribution in [0.1, 0.15) is 1.43 Å². The van der Waals surface area contributed by atoms with Gasteiger partial charge in [-0.1, -0.05) is 101 Å². The summed E-state index contributed by atoms with van der Waals surface area (Å²) < 4.78 is 12.6. The smallest absolute Gasteiger partial charge is 0.501 e. The topological polar surface area (TPSA) is 55.3 Å².